The predicted molar refractivity (Wildman–Crippen MR) is 301 cm³/mol. The zero-order valence-electron chi connectivity index (χ0n) is 39.3. The third-order valence-electron chi connectivity index (χ3n) is 15.3. The normalized spacial score (nSPS) is 12.8. The highest BCUT2D eigenvalue weighted by Crippen LogP contribution is 2.63. The van der Waals surface area contributed by atoms with Crippen molar-refractivity contribution in [3.63, 3.8) is 0 Å². The molecule has 0 bridgehead atoms. The molecule has 72 heavy (non-hydrogen) atoms. The van der Waals surface area contributed by atoms with Gasteiger partial charge in [0.05, 0.1) is 17.0 Å². The number of para-hydroxylation sites is 1. The molecule has 0 aliphatic heterocycles. The Hall–Kier alpha value is -9.55. The van der Waals surface area contributed by atoms with Gasteiger partial charge in [-0.2, -0.15) is 5.26 Å². The van der Waals surface area contributed by atoms with Crippen LogP contribution in [-0.2, 0) is 5.41 Å². The molecule has 0 unspecified atom stereocenters. The Bertz CT molecular complexity index is 4100. The number of hydrogen-bond acceptors (Lipinski definition) is 2. The second kappa shape index (κ2) is 16.6. The maximum Gasteiger partial charge on any atom is 0.0991 e. The number of nitrogens with zero attached hydrogens (tertiary/aromatic N) is 2. The maximum absolute atomic E-state index is 9.68. The predicted octanol–water partition coefficient (Wildman–Crippen LogP) is 18.3. The highest BCUT2D eigenvalue weighted by molar-refractivity contribution is 6.23. The number of anilines is 3. The van der Waals surface area contributed by atoms with Gasteiger partial charge in [-0.05, 0) is 165 Å². The van der Waals surface area contributed by atoms with Crippen molar-refractivity contribution in [3.8, 4) is 50.6 Å². The second-order valence-corrected chi connectivity index (χ2v) is 19.0. The zero-order chi connectivity index (χ0) is 47.8. The highest BCUT2D eigenvalue weighted by atomic mass is 15.1. The zero-order valence-corrected chi connectivity index (χ0v) is 39.3. The number of nitriles is 1. The van der Waals surface area contributed by atoms with E-state index < -0.39 is 5.41 Å². The quantitative estimate of drug-likeness (QED) is 0.118. The minimum absolute atomic E-state index is 0.541. The molecule has 2 aliphatic carbocycles. The number of hydrogen-bond donors (Lipinski definition) is 0. The summed E-state index contributed by atoms with van der Waals surface area (Å²) < 4.78 is 0. The molecule has 2 aliphatic rings. The van der Waals surface area contributed by atoms with Gasteiger partial charge in [0.25, 0.3) is 0 Å². The summed E-state index contributed by atoms with van der Waals surface area (Å²) in [5.41, 5.74) is 20.7. The lowest BCUT2D eigenvalue weighted by Crippen LogP contribution is -2.26. The lowest BCUT2D eigenvalue weighted by Gasteiger charge is -2.32. The standard InChI is InChI=1S/C70H44N2/c71-45-48-33-38-52(39-34-48)72(51-17-2-1-3-18-51)53-40-42-58-57-41-35-47(43-66(57)70(67(58)44-53)64-27-12-10-20-55(64)56-21-11-13-28-65(56)70)30-29-46-31-36-50(37-32-46)68-60-22-6-8-24-62(60)69(63-25-9-7-23-61(63)68)59-26-14-16-49-15-4-5-19-54(49)59/h1-44H. The van der Waals surface area contributed by atoms with Gasteiger partial charge < -0.3 is 4.90 Å². The summed E-state index contributed by atoms with van der Waals surface area (Å²) in [6.07, 6.45) is 4.53. The van der Waals surface area contributed by atoms with Gasteiger partial charge in [0.2, 0.25) is 0 Å². The molecule has 0 saturated carbocycles. The largest absolute Gasteiger partial charge is 0.310 e. The summed E-state index contributed by atoms with van der Waals surface area (Å²) in [7, 11) is 0. The molecule has 0 amide bonds. The van der Waals surface area contributed by atoms with E-state index in [9.17, 15) is 5.26 Å². The van der Waals surface area contributed by atoms with Gasteiger partial charge >= 0.3 is 0 Å². The van der Waals surface area contributed by atoms with Gasteiger partial charge in [-0.1, -0.05) is 212 Å². The summed E-state index contributed by atoms with van der Waals surface area (Å²) in [5, 5.41) is 17.2. The fourth-order valence-electron chi connectivity index (χ4n) is 12.2. The Balaban J connectivity index is 0.875. The van der Waals surface area contributed by atoms with Crippen LogP contribution in [-0.4, -0.2) is 0 Å². The van der Waals surface area contributed by atoms with Crippen LogP contribution < -0.4 is 4.90 Å². The third kappa shape index (κ3) is 6.28. The first-order valence-electron chi connectivity index (χ1n) is 24.7. The maximum atomic E-state index is 9.68. The van der Waals surface area contributed by atoms with E-state index in [0.29, 0.717) is 5.56 Å². The fourth-order valence-corrected chi connectivity index (χ4v) is 12.2. The van der Waals surface area contributed by atoms with Crippen molar-refractivity contribution in [1.82, 2.24) is 0 Å². The monoisotopic (exact) mass is 912 g/mol. The molecule has 0 fully saturated rings. The third-order valence-corrected chi connectivity index (χ3v) is 15.3. The second-order valence-electron chi connectivity index (χ2n) is 19.0. The lowest BCUT2D eigenvalue weighted by molar-refractivity contribution is 0.793. The first kappa shape index (κ1) is 41.4. The Kier molecular flexibility index (Phi) is 9.53. The molecule has 0 aromatic heterocycles. The minimum Gasteiger partial charge on any atom is -0.310 e. The molecular formula is C70H44N2. The Morgan fingerprint density at radius 2 is 0.806 bits per heavy atom. The van der Waals surface area contributed by atoms with Crippen LogP contribution in [0.4, 0.5) is 17.1 Å². The summed E-state index contributed by atoms with van der Waals surface area (Å²) >= 11 is 0. The summed E-state index contributed by atoms with van der Waals surface area (Å²) in [5.74, 6) is 0. The van der Waals surface area contributed by atoms with Gasteiger partial charge in [-0.25, -0.2) is 0 Å². The number of rotatable bonds is 7. The van der Waals surface area contributed by atoms with E-state index in [1.807, 2.05) is 24.3 Å². The van der Waals surface area contributed by atoms with Crippen molar-refractivity contribution in [2.75, 3.05) is 4.90 Å². The molecule has 0 saturated heterocycles. The van der Waals surface area contributed by atoms with Crippen molar-refractivity contribution in [3.05, 3.63) is 294 Å². The molecule has 0 atom stereocenters. The molecule has 0 heterocycles. The van der Waals surface area contributed by atoms with Crippen LogP contribution in [0.5, 0.6) is 0 Å². The topological polar surface area (TPSA) is 27.0 Å². The molecular weight excluding hydrogens is 869 g/mol. The van der Waals surface area contributed by atoms with Crippen molar-refractivity contribution in [2.45, 2.75) is 5.41 Å². The van der Waals surface area contributed by atoms with Gasteiger partial charge in [-0.3, -0.25) is 0 Å². The average Bonchev–Trinajstić information content (AvgIpc) is 3.92. The molecule has 1 spiro atoms. The summed E-state index contributed by atoms with van der Waals surface area (Å²) in [6.45, 7) is 0. The highest BCUT2D eigenvalue weighted by Gasteiger charge is 2.51. The Labute approximate surface area is 419 Å². The Morgan fingerprint density at radius 3 is 1.47 bits per heavy atom. The molecule has 2 heteroatoms. The number of fused-ring (bicyclic) bond motifs is 13. The van der Waals surface area contributed by atoms with Gasteiger partial charge in [0.15, 0.2) is 0 Å². The van der Waals surface area contributed by atoms with E-state index in [1.165, 1.54) is 99.1 Å². The van der Waals surface area contributed by atoms with Crippen molar-refractivity contribution in [2.24, 2.45) is 0 Å². The van der Waals surface area contributed by atoms with Crippen molar-refractivity contribution >= 4 is 61.5 Å². The lowest BCUT2D eigenvalue weighted by atomic mass is 9.70. The van der Waals surface area contributed by atoms with E-state index in [1.54, 1.807) is 0 Å². The SMILES string of the molecule is N#Cc1ccc(N(c2ccccc2)c2ccc3c(c2)C2(c4ccccc4-c4ccccc42)c2cc(C=Cc4ccc(-c5c6ccccc6c(-c6cccc7ccccc67)c6ccccc56)cc4)ccc2-3)cc1. The van der Waals surface area contributed by atoms with E-state index in [4.69, 9.17) is 0 Å². The van der Waals surface area contributed by atoms with Crippen molar-refractivity contribution in [1.29, 1.82) is 5.26 Å². The summed E-state index contributed by atoms with van der Waals surface area (Å²) in [4.78, 5) is 2.30. The van der Waals surface area contributed by atoms with Gasteiger partial charge in [0, 0.05) is 17.1 Å². The van der Waals surface area contributed by atoms with E-state index in [2.05, 4.69) is 254 Å². The van der Waals surface area contributed by atoms with E-state index >= 15 is 0 Å². The molecule has 0 radical (unpaired) electrons. The van der Waals surface area contributed by atoms with Crippen LogP contribution in [0.2, 0.25) is 0 Å². The summed E-state index contributed by atoms with van der Waals surface area (Å²) in [6, 6.07) is 95.0. The van der Waals surface area contributed by atoms with Crippen LogP contribution in [0.3, 0.4) is 0 Å². The molecule has 2 nitrogen and oxygen atoms in total. The minimum atomic E-state index is -0.541. The van der Waals surface area contributed by atoms with Crippen LogP contribution in [0.1, 0.15) is 38.9 Å². The van der Waals surface area contributed by atoms with Crippen LogP contribution >= 0.6 is 0 Å². The van der Waals surface area contributed by atoms with Crippen LogP contribution in [0, 0.1) is 11.3 Å². The van der Waals surface area contributed by atoms with Gasteiger partial charge in [-0.15, -0.1) is 0 Å². The van der Waals surface area contributed by atoms with E-state index in [-0.39, 0.29) is 0 Å². The van der Waals surface area contributed by atoms with E-state index in [0.717, 1.165) is 28.2 Å². The van der Waals surface area contributed by atoms with Crippen molar-refractivity contribution < 1.29 is 0 Å². The first-order valence-corrected chi connectivity index (χ1v) is 24.7. The molecule has 0 N–H and O–H groups in total. The first-order chi connectivity index (χ1) is 35.7. The molecule has 12 aromatic carbocycles. The molecule has 12 aromatic rings. The smallest absolute Gasteiger partial charge is 0.0991 e. The van der Waals surface area contributed by atoms with Gasteiger partial charge in [0.1, 0.15) is 0 Å². The molecule has 14 rings (SSSR count). The number of benzene rings is 12. The average molecular weight is 913 g/mol. The molecule has 334 valence electrons. The van der Waals surface area contributed by atoms with Crippen LogP contribution in [0.25, 0.3) is 89.0 Å². The fraction of sp³-hybridized carbons (Fsp3) is 0.0143. The Morgan fingerprint density at radius 1 is 0.333 bits per heavy atom. The van der Waals surface area contributed by atoms with Crippen LogP contribution in [0.15, 0.2) is 255 Å².